The quantitative estimate of drug-likeness (QED) is 0.700. The third-order valence-corrected chi connectivity index (χ3v) is 3.31. The third kappa shape index (κ3) is 2.08. The number of aromatic nitrogens is 1. The molecule has 0 saturated carbocycles. The molecule has 1 aromatic heterocycles. The molecule has 0 saturated heterocycles. The normalized spacial score (nSPS) is 10.9. The lowest BCUT2D eigenvalue weighted by molar-refractivity contribution is 0.104. The van der Waals surface area contributed by atoms with Crippen molar-refractivity contribution < 1.29 is 13.6 Å². The van der Waals surface area contributed by atoms with Gasteiger partial charge in [0.2, 0.25) is 0 Å². The Kier molecular flexibility index (Phi) is 3.03. The van der Waals surface area contributed by atoms with Gasteiger partial charge in [-0.2, -0.15) is 0 Å². The second kappa shape index (κ2) is 4.72. The highest BCUT2D eigenvalue weighted by Gasteiger charge is 2.16. The average Bonchev–Trinajstić information content (AvgIpc) is 2.84. The van der Waals surface area contributed by atoms with Gasteiger partial charge < -0.3 is 4.98 Å². The minimum Gasteiger partial charge on any atom is -0.360 e. The zero-order chi connectivity index (χ0) is 14.3. The van der Waals surface area contributed by atoms with Crippen molar-refractivity contribution >= 4 is 28.3 Å². The van der Waals surface area contributed by atoms with Crippen molar-refractivity contribution in [3.05, 3.63) is 70.4 Å². The first-order chi connectivity index (χ1) is 9.56. The van der Waals surface area contributed by atoms with Gasteiger partial charge in [-0.1, -0.05) is 11.6 Å². The summed E-state index contributed by atoms with van der Waals surface area (Å²) in [6.07, 6.45) is 1.53. The van der Waals surface area contributed by atoms with Crippen LogP contribution >= 0.6 is 11.6 Å². The monoisotopic (exact) mass is 291 g/mol. The number of fused-ring (bicyclic) bond motifs is 1. The molecule has 100 valence electrons. The van der Waals surface area contributed by atoms with Crippen molar-refractivity contribution in [1.82, 2.24) is 4.98 Å². The largest absolute Gasteiger partial charge is 0.360 e. The molecule has 0 fully saturated rings. The van der Waals surface area contributed by atoms with E-state index in [0.717, 1.165) is 17.6 Å². The predicted octanol–water partition coefficient (Wildman–Crippen LogP) is 4.33. The van der Waals surface area contributed by atoms with Gasteiger partial charge in [-0.15, -0.1) is 0 Å². The molecule has 0 amide bonds. The molecule has 3 aromatic rings. The van der Waals surface area contributed by atoms with E-state index in [2.05, 4.69) is 4.98 Å². The lowest BCUT2D eigenvalue weighted by Gasteiger charge is -2.01. The lowest BCUT2D eigenvalue weighted by Crippen LogP contribution is -2.01. The fourth-order valence-electron chi connectivity index (χ4n) is 2.07. The van der Waals surface area contributed by atoms with Crippen LogP contribution in [0.4, 0.5) is 8.78 Å². The summed E-state index contributed by atoms with van der Waals surface area (Å²) in [6.45, 7) is 0. The highest BCUT2D eigenvalue weighted by atomic mass is 35.5. The Hall–Kier alpha value is -2.20. The number of carbonyl (C=O) groups excluding carboxylic acids is 1. The van der Waals surface area contributed by atoms with Gasteiger partial charge in [0.05, 0.1) is 0 Å². The molecule has 0 bridgehead atoms. The van der Waals surface area contributed by atoms with Gasteiger partial charge in [-0.05, 0) is 36.4 Å². The van der Waals surface area contributed by atoms with Crippen molar-refractivity contribution in [2.45, 2.75) is 0 Å². The molecule has 20 heavy (non-hydrogen) atoms. The molecular weight excluding hydrogens is 284 g/mol. The number of benzene rings is 2. The summed E-state index contributed by atoms with van der Waals surface area (Å²) in [7, 11) is 0. The Morgan fingerprint density at radius 1 is 1.05 bits per heavy atom. The molecule has 0 unspecified atom stereocenters. The molecule has 3 rings (SSSR count). The fourth-order valence-corrected chi connectivity index (χ4v) is 2.25. The molecule has 0 spiro atoms. The SMILES string of the molecule is O=C(c1ccc(F)c(F)c1)c1c[nH]c2ccc(Cl)cc12. The molecule has 0 atom stereocenters. The number of nitrogens with one attached hydrogen (secondary N) is 1. The zero-order valence-electron chi connectivity index (χ0n) is 10.1. The first kappa shape index (κ1) is 12.8. The van der Waals surface area contributed by atoms with E-state index in [4.69, 9.17) is 11.6 Å². The summed E-state index contributed by atoms with van der Waals surface area (Å²) in [5, 5.41) is 1.14. The smallest absolute Gasteiger partial charge is 0.195 e. The van der Waals surface area contributed by atoms with Crippen molar-refractivity contribution in [3.63, 3.8) is 0 Å². The number of halogens is 3. The van der Waals surface area contributed by atoms with Crippen molar-refractivity contribution in [3.8, 4) is 0 Å². The second-order valence-electron chi connectivity index (χ2n) is 4.35. The molecule has 1 heterocycles. The van der Waals surface area contributed by atoms with Crippen LogP contribution in [0.3, 0.4) is 0 Å². The van der Waals surface area contributed by atoms with E-state index >= 15 is 0 Å². The minimum absolute atomic E-state index is 0.0878. The van der Waals surface area contributed by atoms with Crippen LogP contribution in [0.1, 0.15) is 15.9 Å². The van der Waals surface area contributed by atoms with E-state index in [-0.39, 0.29) is 5.56 Å². The number of H-pyrrole nitrogens is 1. The summed E-state index contributed by atoms with van der Waals surface area (Å²) in [6, 6.07) is 8.18. The summed E-state index contributed by atoms with van der Waals surface area (Å²) >= 11 is 5.91. The van der Waals surface area contributed by atoms with Crippen LogP contribution in [0.15, 0.2) is 42.6 Å². The van der Waals surface area contributed by atoms with Gasteiger partial charge in [0.25, 0.3) is 0 Å². The predicted molar refractivity (Wildman–Crippen MR) is 73.1 cm³/mol. The maximum atomic E-state index is 13.2. The Labute approximate surface area is 118 Å². The molecule has 5 heteroatoms. The first-order valence-electron chi connectivity index (χ1n) is 5.82. The highest BCUT2D eigenvalue weighted by molar-refractivity contribution is 6.31. The van der Waals surface area contributed by atoms with Gasteiger partial charge in [-0.25, -0.2) is 8.78 Å². The molecule has 2 nitrogen and oxygen atoms in total. The van der Waals surface area contributed by atoms with Crippen LogP contribution in [0.2, 0.25) is 5.02 Å². The Bertz CT molecular complexity index is 826. The summed E-state index contributed by atoms with van der Waals surface area (Å²) < 4.78 is 26.1. The van der Waals surface area contributed by atoms with Crippen LogP contribution in [-0.2, 0) is 0 Å². The fraction of sp³-hybridized carbons (Fsp3) is 0. The first-order valence-corrected chi connectivity index (χ1v) is 6.20. The second-order valence-corrected chi connectivity index (χ2v) is 4.79. The average molecular weight is 292 g/mol. The topological polar surface area (TPSA) is 32.9 Å². The van der Waals surface area contributed by atoms with E-state index < -0.39 is 17.4 Å². The van der Waals surface area contributed by atoms with E-state index in [1.165, 1.54) is 12.3 Å². The molecule has 0 aliphatic carbocycles. The van der Waals surface area contributed by atoms with Crippen molar-refractivity contribution in [2.75, 3.05) is 0 Å². The molecule has 0 radical (unpaired) electrons. The van der Waals surface area contributed by atoms with E-state index in [0.29, 0.717) is 16.0 Å². The van der Waals surface area contributed by atoms with E-state index in [1.54, 1.807) is 18.2 Å². The standard InChI is InChI=1S/C15H8ClF2NO/c16-9-2-4-14-10(6-9)11(7-19-14)15(20)8-1-3-12(17)13(18)5-8/h1-7,19H. The van der Waals surface area contributed by atoms with Crippen LogP contribution < -0.4 is 0 Å². The van der Waals surface area contributed by atoms with E-state index in [1.807, 2.05) is 0 Å². The van der Waals surface area contributed by atoms with Crippen molar-refractivity contribution in [1.29, 1.82) is 0 Å². The molecule has 1 N–H and O–H groups in total. The number of rotatable bonds is 2. The number of hydrogen-bond donors (Lipinski definition) is 1. The number of aromatic amines is 1. The maximum absolute atomic E-state index is 13.2. The van der Waals surface area contributed by atoms with Gasteiger partial charge in [0.15, 0.2) is 17.4 Å². The van der Waals surface area contributed by atoms with Crippen LogP contribution in [0, 0.1) is 11.6 Å². The Morgan fingerprint density at radius 2 is 1.85 bits per heavy atom. The maximum Gasteiger partial charge on any atom is 0.195 e. The lowest BCUT2D eigenvalue weighted by atomic mass is 10.0. The van der Waals surface area contributed by atoms with E-state index in [9.17, 15) is 13.6 Å². The molecule has 0 aliphatic heterocycles. The van der Waals surface area contributed by atoms with Crippen LogP contribution in [-0.4, -0.2) is 10.8 Å². The van der Waals surface area contributed by atoms with Crippen molar-refractivity contribution in [2.24, 2.45) is 0 Å². The summed E-state index contributed by atoms with van der Waals surface area (Å²) in [4.78, 5) is 15.3. The molecule has 2 aromatic carbocycles. The van der Waals surface area contributed by atoms with Crippen LogP contribution in [0.5, 0.6) is 0 Å². The Balaban J connectivity index is 2.12. The highest BCUT2D eigenvalue weighted by Crippen LogP contribution is 2.24. The molecule has 0 aliphatic rings. The van der Waals surface area contributed by atoms with Crippen LogP contribution in [0.25, 0.3) is 10.9 Å². The number of carbonyl (C=O) groups is 1. The minimum atomic E-state index is -1.05. The van der Waals surface area contributed by atoms with Gasteiger partial charge in [0.1, 0.15) is 0 Å². The van der Waals surface area contributed by atoms with Gasteiger partial charge >= 0.3 is 0 Å². The number of hydrogen-bond acceptors (Lipinski definition) is 1. The molecular formula is C15H8ClF2NO. The van der Waals surface area contributed by atoms with Gasteiger partial charge in [-0.3, -0.25) is 4.79 Å². The Morgan fingerprint density at radius 3 is 2.60 bits per heavy atom. The number of ketones is 1. The summed E-state index contributed by atoms with van der Waals surface area (Å²) in [5.74, 6) is -2.42. The van der Waals surface area contributed by atoms with Gasteiger partial charge in [0, 0.05) is 33.2 Å². The zero-order valence-corrected chi connectivity index (χ0v) is 10.8. The summed E-state index contributed by atoms with van der Waals surface area (Å²) in [5.41, 5.74) is 1.21. The third-order valence-electron chi connectivity index (χ3n) is 3.07.